The molecular weight excluding hydrogens is 504 g/mol. The monoisotopic (exact) mass is 548 g/mol. The fourth-order valence-electron chi connectivity index (χ4n) is 6.60. The Morgan fingerprint density at radius 3 is 2.23 bits per heavy atom. The number of guanidine groups is 1. The van der Waals surface area contributed by atoms with Crippen LogP contribution in [-0.2, 0) is 14.3 Å². The normalized spacial score (nSPS) is 26.3. The van der Waals surface area contributed by atoms with Crippen molar-refractivity contribution in [3.8, 4) is 0 Å². The van der Waals surface area contributed by atoms with E-state index in [0.29, 0.717) is 26.1 Å². The quantitative estimate of drug-likeness (QED) is 0.180. The van der Waals surface area contributed by atoms with Gasteiger partial charge in [0.25, 0.3) is 0 Å². The molecule has 0 aromatic rings. The van der Waals surface area contributed by atoms with Crippen LogP contribution >= 0.6 is 0 Å². The summed E-state index contributed by atoms with van der Waals surface area (Å²) in [5.41, 5.74) is 5.60. The number of piperazine rings is 1. The Morgan fingerprint density at radius 1 is 0.897 bits per heavy atom. The number of nitrogens with one attached hydrogen (secondary N) is 1. The Kier molecular flexibility index (Phi) is 9.90. The summed E-state index contributed by atoms with van der Waals surface area (Å²) in [6, 6.07) is -1.82. The van der Waals surface area contributed by atoms with Crippen molar-refractivity contribution in [1.82, 2.24) is 19.6 Å². The number of unbranched alkanes of at least 4 members (excludes halogenated alkanes) is 1. The van der Waals surface area contributed by atoms with Gasteiger partial charge in [0.05, 0.1) is 12.5 Å². The van der Waals surface area contributed by atoms with Crippen LogP contribution < -0.4 is 5.73 Å². The summed E-state index contributed by atoms with van der Waals surface area (Å²) >= 11 is 0. The van der Waals surface area contributed by atoms with E-state index >= 15 is 0 Å². The number of carboxylic acids is 1. The number of hydrogen-bond acceptors (Lipinski definition) is 6. The molecule has 3 heterocycles. The first-order valence-corrected chi connectivity index (χ1v) is 14.6. The topological polar surface area (TPSA) is 161 Å². The van der Waals surface area contributed by atoms with Gasteiger partial charge in [-0.1, -0.05) is 38.5 Å². The average molecular weight is 549 g/mol. The van der Waals surface area contributed by atoms with Crippen LogP contribution in [0, 0.1) is 23.2 Å². The molecule has 3 aliphatic heterocycles. The fraction of sp³-hybridized carbons (Fsp3) is 0.815. The summed E-state index contributed by atoms with van der Waals surface area (Å²) < 4.78 is 5.44. The van der Waals surface area contributed by atoms with Crippen molar-refractivity contribution < 1.29 is 29.0 Å². The summed E-state index contributed by atoms with van der Waals surface area (Å²) in [5.74, 6) is -1.60. The minimum Gasteiger partial charge on any atom is -0.480 e. The zero-order valence-electron chi connectivity index (χ0n) is 22.9. The molecule has 4 N–H and O–H groups in total. The molecule has 0 aromatic heterocycles. The van der Waals surface area contributed by atoms with E-state index in [9.17, 15) is 24.3 Å². The van der Waals surface area contributed by atoms with Crippen LogP contribution in [0.25, 0.3) is 0 Å². The maximum atomic E-state index is 13.1. The van der Waals surface area contributed by atoms with E-state index in [1.54, 1.807) is 9.80 Å². The number of carboxylic acid groups (broad SMARTS) is 1. The van der Waals surface area contributed by atoms with Crippen molar-refractivity contribution in [3.63, 3.8) is 0 Å². The number of rotatable bonds is 8. The lowest BCUT2D eigenvalue weighted by Crippen LogP contribution is -2.70. The average Bonchev–Trinajstić information content (AvgIpc) is 2.94. The molecule has 0 aromatic carbocycles. The number of amides is 4. The van der Waals surface area contributed by atoms with Gasteiger partial charge in [-0.3, -0.25) is 10.2 Å². The molecule has 12 nitrogen and oxygen atoms in total. The zero-order chi connectivity index (χ0) is 27.9. The van der Waals surface area contributed by atoms with Gasteiger partial charge in [-0.15, -0.1) is 0 Å². The lowest BCUT2D eigenvalue weighted by molar-refractivity contribution is -0.167. The van der Waals surface area contributed by atoms with Crippen LogP contribution in [0.1, 0.15) is 70.6 Å². The van der Waals surface area contributed by atoms with E-state index in [2.05, 4.69) is 0 Å². The van der Waals surface area contributed by atoms with Crippen LogP contribution in [-0.4, -0.2) is 107 Å². The van der Waals surface area contributed by atoms with Crippen molar-refractivity contribution in [3.05, 3.63) is 0 Å². The Labute approximate surface area is 230 Å². The maximum absolute atomic E-state index is 13.1. The summed E-state index contributed by atoms with van der Waals surface area (Å²) in [4.78, 5) is 56.1. The summed E-state index contributed by atoms with van der Waals surface area (Å²) in [6.07, 6.45) is 11.4. The lowest BCUT2D eigenvalue weighted by atomic mass is 9.78. The molecule has 0 radical (unpaired) electrons. The molecule has 3 atom stereocenters. The third-order valence-electron chi connectivity index (χ3n) is 8.89. The highest BCUT2D eigenvalue weighted by Crippen LogP contribution is 2.36. The SMILES string of the molecule is N=C(N)N1CCCC(C[C@H]2C(=O)N(C(=O)N3CCN(C(=O)OCCCCC4CCCCC4)CC3)C2C(=O)O)C1. The largest absolute Gasteiger partial charge is 0.480 e. The summed E-state index contributed by atoms with van der Waals surface area (Å²) in [5, 5.41) is 17.5. The zero-order valence-corrected chi connectivity index (χ0v) is 22.9. The van der Waals surface area contributed by atoms with Crippen LogP contribution in [0.4, 0.5) is 9.59 Å². The molecule has 39 heavy (non-hydrogen) atoms. The summed E-state index contributed by atoms with van der Waals surface area (Å²) in [6.45, 7) is 2.56. The number of carbonyl (C=O) groups is 4. The van der Waals surface area contributed by atoms with E-state index in [4.69, 9.17) is 15.9 Å². The number of urea groups is 1. The molecular formula is C27H44N6O6. The van der Waals surface area contributed by atoms with Gasteiger partial charge in [-0.2, -0.15) is 0 Å². The van der Waals surface area contributed by atoms with Crippen LogP contribution in [0.3, 0.4) is 0 Å². The first kappa shape index (κ1) is 28.9. The first-order valence-electron chi connectivity index (χ1n) is 14.6. The van der Waals surface area contributed by atoms with Crippen LogP contribution in [0.5, 0.6) is 0 Å². The standard InChI is InChI=1S/C27H44N6O6/c28-25(29)32-11-6-10-20(18-32)17-21-22(24(35)36)33(23(21)34)26(37)30-12-14-31(15-13-30)27(38)39-16-5-4-9-19-7-2-1-3-8-19/h19-22H,1-18H2,(H3,28,29)(H,35,36)/t20?,21-,22?/m1/s1. The molecule has 0 bridgehead atoms. The Morgan fingerprint density at radius 2 is 1.56 bits per heavy atom. The number of β-lactam (4-membered cyclic amide) rings is 1. The van der Waals surface area contributed by atoms with E-state index in [0.717, 1.165) is 36.5 Å². The Bertz CT molecular complexity index is 916. The van der Waals surface area contributed by atoms with Gasteiger partial charge in [-0.25, -0.2) is 19.3 Å². The van der Waals surface area contributed by atoms with Crippen molar-refractivity contribution in [2.24, 2.45) is 23.5 Å². The summed E-state index contributed by atoms with van der Waals surface area (Å²) in [7, 11) is 0. The molecule has 218 valence electrons. The van der Waals surface area contributed by atoms with Crippen molar-refractivity contribution >= 4 is 30.0 Å². The third kappa shape index (κ3) is 7.13. The number of nitrogens with two attached hydrogens (primary N) is 1. The number of likely N-dealkylation sites (tertiary alicyclic amines) is 2. The third-order valence-corrected chi connectivity index (χ3v) is 8.89. The van der Waals surface area contributed by atoms with E-state index < -0.39 is 36.0 Å². The molecule has 3 saturated heterocycles. The molecule has 4 rings (SSSR count). The van der Waals surface area contributed by atoms with Gasteiger partial charge in [0, 0.05) is 39.3 Å². The highest BCUT2D eigenvalue weighted by atomic mass is 16.6. The minimum atomic E-state index is -1.20. The molecule has 0 spiro atoms. The van der Waals surface area contributed by atoms with Crippen molar-refractivity contribution in [2.45, 2.75) is 76.7 Å². The second kappa shape index (κ2) is 13.3. The second-order valence-electron chi connectivity index (χ2n) is 11.5. The molecule has 1 aliphatic carbocycles. The number of hydrogen-bond donors (Lipinski definition) is 3. The fourth-order valence-corrected chi connectivity index (χ4v) is 6.60. The van der Waals surface area contributed by atoms with Gasteiger partial charge in [-0.05, 0) is 43.9 Å². The van der Waals surface area contributed by atoms with E-state index in [1.807, 2.05) is 0 Å². The predicted octanol–water partition coefficient (Wildman–Crippen LogP) is 2.52. The molecule has 12 heteroatoms. The minimum absolute atomic E-state index is 0.0242. The van der Waals surface area contributed by atoms with E-state index in [1.165, 1.54) is 43.4 Å². The van der Waals surface area contributed by atoms with Gasteiger partial charge >= 0.3 is 18.1 Å². The number of ether oxygens (including phenoxy) is 1. The predicted molar refractivity (Wildman–Crippen MR) is 143 cm³/mol. The van der Waals surface area contributed by atoms with Crippen molar-refractivity contribution in [1.29, 1.82) is 5.41 Å². The lowest BCUT2D eigenvalue weighted by Gasteiger charge is -2.47. The molecule has 2 unspecified atom stereocenters. The molecule has 4 aliphatic rings. The van der Waals surface area contributed by atoms with Gasteiger partial charge in [0.15, 0.2) is 12.0 Å². The Hall–Kier alpha value is -3.05. The van der Waals surface area contributed by atoms with E-state index in [-0.39, 0.29) is 38.1 Å². The molecule has 4 amide bonds. The molecule has 4 fully saturated rings. The highest BCUT2D eigenvalue weighted by molar-refractivity contribution is 6.07. The maximum Gasteiger partial charge on any atom is 0.409 e. The van der Waals surface area contributed by atoms with Crippen molar-refractivity contribution in [2.75, 3.05) is 45.9 Å². The smallest absolute Gasteiger partial charge is 0.409 e. The number of imide groups is 1. The highest BCUT2D eigenvalue weighted by Gasteiger charge is 2.56. The molecule has 1 saturated carbocycles. The first-order chi connectivity index (χ1) is 18.8. The van der Waals surface area contributed by atoms with Gasteiger partial charge in [0.2, 0.25) is 5.91 Å². The number of nitrogens with zero attached hydrogens (tertiary/aromatic N) is 4. The van der Waals surface area contributed by atoms with Gasteiger partial charge < -0.3 is 30.3 Å². The number of carbonyl (C=O) groups excluding carboxylic acids is 3. The van der Waals surface area contributed by atoms with Gasteiger partial charge in [0.1, 0.15) is 0 Å². The number of aliphatic carboxylic acids is 1. The van der Waals surface area contributed by atoms with Crippen LogP contribution in [0.15, 0.2) is 0 Å². The van der Waals surface area contributed by atoms with Crippen LogP contribution in [0.2, 0.25) is 0 Å². The Balaban J connectivity index is 1.19. The number of piperidine rings is 1. The second-order valence-corrected chi connectivity index (χ2v) is 11.5.